The van der Waals surface area contributed by atoms with E-state index in [1.807, 2.05) is 0 Å². The van der Waals surface area contributed by atoms with E-state index in [2.05, 4.69) is 31.3 Å². The Labute approximate surface area is 385 Å². The summed E-state index contributed by atoms with van der Waals surface area (Å²) in [5.74, 6) is -2.02. The Hall–Kier alpha value is -7.02. The number of alkyl carbamates (subject to hydrolysis) is 2. The predicted octanol–water partition coefficient (Wildman–Crippen LogP) is -0.205. The van der Waals surface area contributed by atoms with Gasteiger partial charge in [0.1, 0.15) is 13.2 Å². The average Bonchev–Trinajstić information content (AvgIpc) is 3.91. The molecule has 2 saturated heterocycles. The number of carbonyl (C=O) groups is 8. The SMILES string of the molecule is CC(=O)N[C@H]1[C@H]([C@H](OC(=O)NCCCCCCCCCCCCCNC(=O)O[C@@H]([C@@H]2OC(C=O)=C[C@H](N=C(N)N)[C@H]2NC(C)=O)[C@H]2COC(=O)O2)[C@H]2COC(=O)O2)OC(C=O)=C[C@@H]1N=C(N)N. The quantitative estimate of drug-likeness (QED) is 0.0139. The van der Waals surface area contributed by atoms with Gasteiger partial charge in [-0.25, -0.2) is 29.2 Å². The summed E-state index contributed by atoms with van der Waals surface area (Å²) < 4.78 is 43.2. The summed E-state index contributed by atoms with van der Waals surface area (Å²) in [5, 5.41) is 10.7. The molecule has 4 aliphatic rings. The van der Waals surface area contributed by atoms with E-state index in [9.17, 15) is 38.4 Å². The Morgan fingerprint density at radius 1 is 0.612 bits per heavy atom. The highest BCUT2D eigenvalue weighted by Gasteiger charge is 2.51. The highest BCUT2D eigenvalue weighted by molar-refractivity contribution is 5.79. The van der Waals surface area contributed by atoms with Crippen LogP contribution in [0.5, 0.6) is 0 Å². The molecule has 26 heteroatoms. The number of amides is 4. The second-order valence-electron chi connectivity index (χ2n) is 16.0. The first kappa shape index (κ1) is 52.6. The van der Waals surface area contributed by atoms with Crippen LogP contribution in [0.15, 0.2) is 33.7 Å². The lowest BCUT2D eigenvalue weighted by atomic mass is 9.92. The minimum Gasteiger partial charge on any atom is -0.481 e. The number of ether oxygens (including phenoxy) is 8. The van der Waals surface area contributed by atoms with Gasteiger partial charge in [0.25, 0.3) is 0 Å². The van der Waals surface area contributed by atoms with E-state index in [-0.39, 0.29) is 49.7 Å². The summed E-state index contributed by atoms with van der Waals surface area (Å²) in [4.78, 5) is 106. The number of nitrogens with two attached hydrogens (primary N) is 4. The zero-order valence-corrected chi connectivity index (χ0v) is 37.4. The topological polar surface area (TPSA) is 387 Å². The van der Waals surface area contributed by atoms with Gasteiger partial charge in [-0.3, -0.25) is 19.2 Å². The largest absolute Gasteiger partial charge is 0.508 e. The number of aldehydes is 2. The Balaban J connectivity index is 1.11. The van der Waals surface area contributed by atoms with Gasteiger partial charge < -0.3 is 82.1 Å². The van der Waals surface area contributed by atoms with E-state index in [0.29, 0.717) is 25.4 Å². The monoisotopic (exact) mass is 950 g/mol. The van der Waals surface area contributed by atoms with Crippen molar-refractivity contribution in [3.8, 4) is 0 Å². The van der Waals surface area contributed by atoms with E-state index in [1.165, 1.54) is 26.0 Å². The third-order valence-corrected chi connectivity index (χ3v) is 10.7. The van der Waals surface area contributed by atoms with Gasteiger partial charge >= 0.3 is 24.5 Å². The van der Waals surface area contributed by atoms with Crippen LogP contribution in [0.25, 0.3) is 0 Å². The van der Waals surface area contributed by atoms with Crippen LogP contribution in [-0.4, -0.2) is 148 Å². The van der Waals surface area contributed by atoms with Crippen LogP contribution < -0.4 is 44.2 Å². The summed E-state index contributed by atoms with van der Waals surface area (Å²) in [6, 6.07) is -4.03. The zero-order valence-electron chi connectivity index (χ0n) is 37.4. The molecule has 0 aromatic carbocycles. The third-order valence-electron chi connectivity index (χ3n) is 10.7. The fraction of sp³-hybridized carbons (Fsp3) is 0.659. The summed E-state index contributed by atoms with van der Waals surface area (Å²) in [6.07, 6.45) is 2.31. The highest BCUT2D eigenvalue weighted by atomic mass is 16.8. The van der Waals surface area contributed by atoms with Crippen molar-refractivity contribution in [2.24, 2.45) is 32.9 Å². The molecule has 4 heterocycles. The molecule has 4 aliphatic heterocycles. The number of guanidine groups is 2. The minimum atomic E-state index is -1.34. The first-order valence-corrected chi connectivity index (χ1v) is 22.0. The lowest BCUT2D eigenvalue weighted by molar-refractivity contribution is -0.127. The number of unbranched alkanes of at least 4 members (excludes halogenated alkanes) is 10. The van der Waals surface area contributed by atoms with Crippen molar-refractivity contribution in [3.05, 3.63) is 23.7 Å². The maximum Gasteiger partial charge on any atom is 0.508 e. The van der Waals surface area contributed by atoms with Crippen molar-refractivity contribution in [3.63, 3.8) is 0 Å². The Bertz CT molecular complexity index is 1740. The van der Waals surface area contributed by atoms with Gasteiger partial charge in [-0.1, -0.05) is 57.8 Å². The number of allylic oxidation sites excluding steroid dienone is 2. The van der Waals surface area contributed by atoms with Crippen LogP contribution in [0.1, 0.15) is 84.5 Å². The van der Waals surface area contributed by atoms with E-state index < -0.39 is 97.1 Å². The summed E-state index contributed by atoms with van der Waals surface area (Å²) in [6.45, 7) is 2.49. The van der Waals surface area contributed by atoms with Crippen LogP contribution in [0.3, 0.4) is 0 Å². The van der Waals surface area contributed by atoms with E-state index in [0.717, 1.165) is 57.8 Å². The maximum atomic E-state index is 13.0. The van der Waals surface area contributed by atoms with Gasteiger partial charge in [-0.15, -0.1) is 0 Å². The number of carbonyl (C=O) groups excluding carboxylic acids is 8. The molecule has 0 unspecified atom stereocenters. The van der Waals surface area contributed by atoms with Crippen LogP contribution in [-0.2, 0) is 57.1 Å². The smallest absolute Gasteiger partial charge is 0.481 e. The second kappa shape index (κ2) is 26.8. The molecule has 0 aliphatic carbocycles. The van der Waals surface area contributed by atoms with Crippen molar-refractivity contribution >= 4 is 60.8 Å². The number of cyclic esters (lactones) is 4. The van der Waals surface area contributed by atoms with Crippen LogP contribution >= 0.6 is 0 Å². The molecule has 2 fully saturated rings. The van der Waals surface area contributed by atoms with Crippen molar-refractivity contribution < 1.29 is 76.3 Å². The minimum absolute atomic E-state index is 0.185. The molecule has 372 valence electrons. The molecule has 4 rings (SSSR count). The molecule has 0 aromatic rings. The first-order chi connectivity index (χ1) is 32.1. The van der Waals surface area contributed by atoms with Crippen molar-refractivity contribution in [2.75, 3.05) is 26.3 Å². The van der Waals surface area contributed by atoms with Crippen molar-refractivity contribution in [2.45, 2.75) is 145 Å². The fourth-order valence-corrected chi connectivity index (χ4v) is 7.80. The summed E-state index contributed by atoms with van der Waals surface area (Å²) >= 11 is 0. The fourth-order valence-electron chi connectivity index (χ4n) is 7.80. The lowest BCUT2D eigenvalue weighted by Crippen LogP contribution is -2.60. The molecular formula is C41H62N10O16. The molecule has 67 heavy (non-hydrogen) atoms. The van der Waals surface area contributed by atoms with Crippen LogP contribution in [0.4, 0.5) is 19.2 Å². The Morgan fingerprint density at radius 3 is 1.24 bits per heavy atom. The summed E-state index contributed by atoms with van der Waals surface area (Å²) in [5.41, 5.74) is 22.4. The molecule has 12 N–H and O–H groups in total. The number of nitrogens with one attached hydrogen (secondary N) is 4. The van der Waals surface area contributed by atoms with Gasteiger partial charge in [0.15, 0.2) is 72.6 Å². The second-order valence-corrected chi connectivity index (χ2v) is 16.0. The Kier molecular flexibility index (Phi) is 21.1. The van der Waals surface area contributed by atoms with Gasteiger partial charge in [0.05, 0.1) is 24.2 Å². The van der Waals surface area contributed by atoms with Gasteiger partial charge in [-0.2, -0.15) is 0 Å². The number of hydrogen-bond donors (Lipinski definition) is 8. The van der Waals surface area contributed by atoms with Gasteiger partial charge in [-0.05, 0) is 25.0 Å². The molecule has 0 bridgehead atoms. The van der Waals surface area contributed by atoms with E-state index in [1.54, 1.807) is 0 Å². The van der Waals surface area contributed by atoms with Crippen LogP contribution in [0.2, 0.25) is 0 Å². The molecule has 0 radical (unpaired) electrons. The molecule has 0 aromatic heterocycles. The maximum absolute atomic E-state index is 13.0. The van der Waals surface area contributed by atoms with E-state index in [4.69, 9.17) is 60.8 Å². The van der Waals surface area contributed by atoms with E-state index >= 15 is 0 Å². The number of aliphatic imine (C=N–C) groups is 2. The Morgan fingerprint density at radius 2 is 0.955 bits per heavy atom. The molecular weight excluding hydrogens is 889 g/mol. The average molecular weight is 951 g/mol. The highest BCUT2D eigenvalue weighted by Crippen LogP contribution is 2.30. The number of rotatable bonds is 26. The first-order valence-electron chi connectivity index (χ1n) is 22.0. The molecule has 0 saturated carbocycles. The lowest BCUT2D eigenvalue weighted by Gasteiger charge is -2.39. The van der Waals surface area contributed by atoms with Crippen molar-refractivity contribution in [1.29, 1.82) is 0 Å². The predicted molar refractivity (Wildman–Crippen MR) is 232 cm³/mol. The van der Waals surface area contributed by atoms with Crippen LogP contribution in [0, 0.1) is 0 Å². The van der Waals surface area contributed by atoms with Crippen molar-refractivity contribution in [1.82, 2.24) is 21.3 Å². The molecule has 26 nitrogen and oxygen atoms in total. The number of hydrogen-bond acceptors (Lipinski definition) is 18. The normalized spacial score (nSPS) is 24.9. The molecule has 10 atom stereocenters. The molecule has 0 spiro atoms. The standard InChI is InChI=1S/C41H62N10O16/c1-22(54)48-30-26(50-36(42)43)16-24(18-52)62-34(30)32(28-20-60-40(58)64-28)66-38(56)46-14-12-10-8-6-4-3-5-7-9-11-13-15-47-39(57)67-33(29-21-61-41(59)65-29)35-31(49-23(2)55)27(51-37(44)45)17-25(19-53)63-35/h16-19,26-35H,3-15,20-21H2,1-2H3,(H,46,56)(H,47,57)(H,48,54)(H,49,55)(H4,42,43,50)(H4,44,45,51)/t26-,27-,28+,29+,30+,31+,32+,33+,34+,35+/m0/s1. The summed E-state index contributed by atoms with van der Waals surface area (Å²) in [7, 11) is 0. The number of nitrogens with zero attached hydrogens (tertiary/aromatic N) is 2. The zero-order chi connectivity index (χ0) is 48.9. The van der Waals surface area contributed by atoms with Gasteiger partial charge in [0, 0.05) is 26.9 Å². The third kappa shape index (κ3) is 17.4. The molecule has 4 amide bonds. The van der Waals surface area contributed by atoms with Gasteiger partial charge in [0.2, 0.25) is 11.8 Å².